The zero-order valence-corrected chi connectivity index (χ0v) is 16.8. The number of anilines is 1. The molecule has 1 amide bonds. The standard InChI is InChI=1S/C25H17N3OS/c29-23(21-16-15-17-9-7-8-14-20(17)26-21)28-25-22(18-10-3-1-4-11-18)27-24(30-25)19-12-5-2-6-13-19/h1-16H,(H,28,29). The molecule has 0 saturated carbocycles. The number of fused-ring (bicyclic) bond motifs is 1. The van der Waals surface area contributed by atoms with Gasteiger partial charge in [-0.1, -0.05) is 96.3 Å². The van der Waals surface area contributed by atoms with E-state index in [-0.39, 0.29) is 5.91 Å². The highest BCUT2D eigenvalue weighted by atomic mass is 32.1. The first-order chi connectivity index (χ1) is 14.8. The van der Waals surface area contributed by atoms with Crippen LogP contribution in [0, 0.1) is 0 Å². The van der Waals surface area contributed by atoms with Crippen molar-refractivity contribution in [3.8, 4) is 21.8 Å². The fourth-order valence-corrected chi connectivity index (χ4v) is 4.25. The summed E-state index contributed by atoms with van der Waals surface area (Å²) in [5, 5.41) is 5.60. The van der Waals surface area contributed by atoms with Crippen LogP contribution < -0.4 is 5.32 Å². The van der Waals surface area contributed by atoms with Gasteiger partial charge in [-0.25, -0.2) is 9.97 Å². The minimum Gasteiger partial charge on any atom is -0.310 e. The van der Waals surface area contributed by atoms with Gasteiger partial charge < -0.3 is 5.32 Å². The summed E-state index contributed by atoms with van der Waals surface area (Å²) < 4.78 is 0. The Hall–Kier alpha value is -3.83. The van der Waals surface area contributed by atoms with Gasteiger partial charge in [-0.15, -0.1) is 0 Å². The van der Waals surface area contributed by atoms with Crippen LogP contribution in [0.25, 0.3) is 32.7 Å². The number of thiazole rings is 1. The van der Waals surface area contributed by atoms with E-state index < -0.39 is 0 Å². The maximum absolute atomic E-state index is 13.0. The second kappa shape index (κ2) is 7.89. The van der Waals surface area contributed by atoms with Crippen molar-refractivity contribution in [3.63, 3.8) is 0 Å². The van der Waals surface area contributed by atoms with Gasteiger partial charge >= 0.3 is 0 Å². The summed E-state index contributed by atoms with van der Waals surface area (Å²) in [4.78, 5) is 22.3. The van der Waals surface area contributed by atoms with Crippen molar-refractivity contribution < 1.29 is 4.79 Å². The number of benzene rings is 3. The van der Waals surface area contributed by atoms with Gasteiger partial charge in [0.1, 0.15) is 21.4 Å². The van der Waals surface area contributed by atoms with E-state index in [1.54, 1.807) is 6.07 Å². The number of para-hydroxylation sites is 1. The van der Waals surface area contributed by atoms with Gasteiger partial charge in [0.2, 0.25) is 0 Å². The molecule has 0 bridgehead atoms. The van der Waals surface area contributed by atoms with E-state index in [0.717, 1.165) is 32.7 Å². The van der Waals surface area contributed by atoms with Crippen LogP contribution >= 0.6 is 11.3 Å². The number of nitrogens with zero attached hydrogens (tertiary/aromatic N) is 2. The van der Waals surface area contributed by atoms with Crippen LogP contribution in [0.4, 0.5) is 5.00 Å². The molecular formula is C25H17N3OS. The third-order valence-corrected chi connectivity index (χ3v) is 5.77. The fourth-order valence-electron chi connectivity index (χ4n) is 3.26. The summed E-state index contributed by atoms with van der Waals surface area (Å²) in [6, 6.07) is 31.3. The van der Waals surface area contributed by atoms with Gasteiger partial charge in [0.15, 0.2) is 0 Å². The van der Waals surface area contributed by atoms with Gasteiger partial charge in [0.25, 0.3) is 5.91 Å². The lowest BCUT2D eigenvalue weighted by Gasteiger charge is -2.06. The number of aromatic nitrogens is 2. The quantitative estimate of drug-likeness (QED) is 0.382. The fraction of sp³-hybridized carbons (Fsp3) is 0. The number of pyridine rings is 1. The number of hydrogen-bond acceptors (Lipinski definition) is 4. The first-order valence-corrected chi connectivity index (χ1v) is 10.4. The third kappa shape index (κ3) is 3.58. The Morgan fingerprint density at radius 1 is 0.700 bits per heavy atom. The maximum Gasteiger partial charge on any atom is 0.274 e. The molecule has 0 fully saturated rings. The molecule has 0 aliphatic rings. The molecule has 0 aliphatic heterocycles. The Labute approximate surface area is 177 Å². The third-order valence-electron chi connectivity index (χ3n) is 4.75. The van der Waals surface area contributed by atoms with E-state index in [9.17, 15) is 4.79 Å². The second-order valence-electron chi connectivity index (χ2n) is 6.77. The average molecular weight is 407 g/mol. The molecule has 0 unspecified atom stereocenters. The van der Waals surface area contributed by atoms with Crippen LogP contribution in [0.3, 0.4) is 0 Å². The predicted molar refractivity (Wildman–Crippen MR) is 123 cm³/mol. The lowest BCUT2D eigenvalue weighted by molar-refractivity contribution is 0.102. The Kier molecular flexibility index (Phi) is 4.79. The molecule has 144 valence electrons. The van der Waals surface area contributed by atoms with Gasteiger partial charge in [-0.05, 0) is 12.1 Å². The Morgan fingerprint density at radius 3 is 2.13 bits per heavy atom. The highest BCUT2D eigenvalue weighted by molar-refractivity contribution is 7.19. The molecule has 1 N–H and O–H groups in total. The van der Waals surface area contributed by atoms with Crippen LogP contribution in [0.5, 0.6) is 0 Å². The van der Waals surface area contributed by atoms with Crippen molar-refractivity contribution in [1.29, 1.82) is 0 Å². The summed E-state index contributed by atoms with van der Waals surface area (Å²) in [5.74, 6) is -0.249. The molecule has 0 atom stereocenters. The van der Waals surface area contributed by atoms with E-state index >= 15 is 0 Å². The van der Waals surface area contributed by atoms with Gasteiger partial charge in [0, 0.05) is 16.5 Å². The van der Waals surface area contributed by atoms with Gasteiger partial charge in [-0.2, -0.15) is 0 Å². The molecular weight excluding hydrogens is 390 g/mol. The van der Waals surface area contributed by atoms with Crippen molar-refractivity contribution in [2.24, 2.45) is 0 Å². The second-order valence-corrected chi connectivity index (χ2v) is 7.77. The first kappa shape index (κ1) is 18.2. The Bertz CT molecular complexity index is 1330. The lowest BCUT2D eigenvalue weighted by atomic mass is 10.1. The zero-order valence-electron chi connectivity index (χ0n) is 15.9. The topological polar surface area (TPSA) is 54.9 Å². The summed E-state index contributed by atoms with van der Waals surface area (Å²) in [6.45, 7) is 0. The van der Waals surface area contributed by atoms with E-state index in [2.05, 4.69) is 10.3 Å². The largest absolute Gasteiger partial charge is 0.310 e. The highest BCUT2D eigenvalue weighted by Crippen LogP contribution is 2.38. The van der Waals surface area contributed by atoms with Crippen molar-refractivity contribution in [2.45, 2.75) is 0 Å². The maximum atomic E-state index is 13.0. The van der Waals surface area contributed by atoms with Gasteiger partial charge in [0.05, 0.1) is 5.52 Å². The van der Waals surface area contributed by atoms with Crippen LogP contribution in [0.15, 0.2) is 97.1 Å². The van der Waals surface area contributed by atoms with E-state index in [0.29, 0.717) is 10.7 Å². The highest BCUT2D eigenvalue weighted by Gasteiger charge is 2.18. The summed E-state index contributed by atoms with van der Waals surface area (Å²) in [5.41, 5.74) is 3.90. The minimum atomic E-state index is -0.249. The predicted octanol–water partition coefficient (Wildman–Crippen LogP) is 6.28. The van der Waals surface area contributed by atoms with Crippen LogP contribution in [-0.4, -0.2) is 15.9 Å². The van der Waals surface area contributed by atoms with Crippen molar-refractivity contribution in [1.82, 2.24) is 9.97 Å². The molecule has 3 aromatic carbocycles. The van der Waals surface area contributed by atoms with Crippen LogP contribution in [-0.2, 0) is 0 Å². The van der Waals surface area contributed by atoms with Crippen molar-refractivity contribution >= 4 is 33.1 Å². The molecule has 4 nitrogen and oxygen atoms in total. The Balaban J connectivity index is 1.53. The van der Waals surface area contributed by atoms with Crippen LogP contribution in [0.1, 0.15) is 10.5 Å². The lowest BCUT2D eigenvalue weighted by Crippen LogP contribution is -2.13. The van der Waals surface area contributed by atoms with E-state index in [4.69, 9.17) is 4.98 Å². The zero-order chi connectivity index (χ0) is 20.3. The number of hydrogen-bond donors (Lipinski definition) is 1. The molecule has 2 heterocycles. The SMILES string of the molecule is O=C(Nc1sc(-c2ccccc2)nc1-c1ccccc1)c1ccc2ccccc2n1. The number of carbonyl (C=O) groups excluding carboxylic acids is 1. The monoisotopic (exact) mass is 407 g/mol. The van der Waals surface area contributed by atoms with E-state index in [1.165, 1.54) is 11.3 Å². The molecule has 0 saturated heterocycles. The summed E-state index contributed by atoms with van der Waals surface area (Å²) in [6.07, 6.45) is 0. The van der Waals surface area contributed by atoms with Crippen molar-refractivity contribution in [3.05, 3.63) is 103 Å². The normalized spacial score (nSPS) is 10.8. The Morgan fingerprint density at radius 2 is 1.37 bits per heavy atom. The molecule has 0 aliphatic carbocycles. The van der Waals surface area contributed by atoms with Gasteiger partial charge in [-0.3, -0.25) is 4.79 Å². The minimum absolute atomic E-state index is 0.249. The molecule has 2 aromatic heterocycles. The first-order valence-electron chi connectivity index (χ1n) is 9.57. The summed E-state index contributed by atoms with van der Waals surface area (Å²) >= 11 is 1.46. The van der Waals surface area contributed by atoms with Crippen LogP contribution in [0.2, 0.25) is 0 Å². The molecule has 0 spiro atoms. The molecule has 30 heavy (non-hydrogen) atoms. The van der Waals surface area contributed by atoms with Crippen molar-refractivity contribution in [2.75, 3.05) is 5.32 Å². The molecule has 5 aromatic rings. The molecule has 0 radical (unpaired) electrons. The van der Waals surface area contributed by atoms with E-state index in [1.807, 2.05) is 91.0 Å². The average Bonchev–Trinajstić information content (AvgIpc) is 3.23. The number of nitrogens with one attached hydrogen (secondary N) is 1. The summed E-state index contributed by atoms with van der Waals surface area (Å²) in [7, 11) is 0. The number of carbonyl (C=O) groups is 1. The smallest absolute Gasteiger partial charge is 0.274 e. The number of amides is 1. The molecule has 5 heteroatoms. The molecule has 5 rings (SSSR count). The number of rotatable bonds is 4.